The van der Waals surface area contributed by atoms with Crippen LogP contribution in [0.15, 0.2) is 30.6 Å². The molecule has 124 valence electrons. The van der Waals surface area contributed by atoms with E-state index < -0.39 is 0 Å². The van der Waals surface area contributed by atoms with Gasteiger partial charge in [-0.15, -0.1) is 5.10 Å². The van der Waals surface area contributed by atoms with E-state index in [2.05, 4.69) is 20.4 Å². The second-order valence-electron chi connectivity index (χ2n) is 6.49. The second kappa shape index (κ2) is 4.89. The zero-order valence-electron chi connectivity index (χ0n) is 13.9. The van der Waals surface area contributed by atoms with Gasteiger partial charge in [0, 0.05) is 47.1 Å². The Morgan fingerprint density at radius 3 is 3.08 bits per heavy atom. The molecule has 5 heterocycles. The Morgan fingerprint density at radius 2 is 2.20 bits per heavy atom. The molecule has 4 aromatic rings. The van der Waals surface area contributed by atoms with Crippen LogP contribution in [0, 0.1) is 13.8 Å². The zero-order chi connectivity index (χ0) is 17.1. The number of pyridine rings is 1. The van der Waals surface area contributed by atoms with Crippen LogP contribution in [0.25, 0.3) is 16.7 Å². The molecule has 25 heavy (non-hydrogen) atoms. The Balaban J connectivity index is 1.82. The molecule has 0 bridgehead atoms. The molecule has 7 nitrogen and oxygen atoms in total. The molecule has 1 unspecified atom stereocenters. The van der Waals surface area contributed by atoms with Crippen molar-refractivity contribution in [2.24, 2.45) is 0 Å². The first kappa shape index (κ1) is 14.2. The summed E-state index contributed by atoms with van der Waals surface area (Å²) in [6, 6.07) is 5.92. The Bertz CT molecular complexity index is 1160. The molecule has 1 atom stereocenters. The van der Waals surface area contributed by atoms with E-state index in [0.29, 0.717) is 12.2 Å². The highest BCUT2D eigenvalue weighted by atomic mass is 16.1. The summed E-state index contributed by atoms with van der Waals surface area (Å²) in [5.74, 6) is 0.460. The summed E-state index contributed by atoms with van der Waals surface area (Å²) in [4.78, 5) is 24.5. The second-order valence-corrected chi connectivity index (χ2v) is 6.49. The van der Waals surface area contributed by atoms with Crippen molar-refractivity contribution in [3.05, 3.63) is 53.1 Å². The maximum atomic E-state index is 12.3. The van der Waals surface area contributed by atoms with E-state index in [1.807, 2.05) is 42.8 Å². The van der Waals surface area contributed by atoms with Gasteiger partial charge in [-0.1, -0.05) is 0 Å². The fourth-order valence-electron chi connectivity index (χ4n) is 3.75. The molecule has 0 fully saturated rings. The molecule has 5 rings (SSSR count). The van der Waals surface area contributed by atoms with Crippen LogP contribution in [0.5, 0.6) is 0 Å². The Labute approximate surface area is 143 Å². The van der Waals surface area contributed by atoms with Crippen molar-refractivity contribution in [3.63, 3.8) is 0 Å². The van der Waals surface area contributed by atoms with Crippen molar-refractivity contribution >= 4 is 28.4 Å². The van der Waals surface area contributed by atoms with Crippen LogP contribution in [-0.2, 0) is 4.79 Å². The molecule has 0 saturated heterocycles. The summed E-state index contributed by atoms with van der Waals surface area (Å²) in [7, 11) is 0. The lowest BCUT2D eigenvalue weighted by Crippen LogP contribution is -2.23. The number of amides is 1. The zero-order valence-corrected chi connectivity index (χ0v) is 13.9. The van der Waals surface area contributed by atoms with Crippen molar-refractivity contribution in [3.8, 4) is 0 Å². The van der Waals surface area contributed by atoms with Crippen molar-refractivity contribution in [2.75, 3.05) is 5.32 Å². The number of aromatic amines is 1. The molecule has 7 heteroatoms. The number of aromatic nitrogens is 5. The van der Waals surface area contributed by atoms with E-state index in [-0.39, 0.29) is 11.8 Å². The third-order valence-electron chi connectivity index (χ3n) is 4.79. The quantitative estimate of drug-likeness (QED) is 0.561. The number of H-pyrrole nitrogens is 1. The van der Waals surface area contributed by atoms with Gasteiger partial charge in [0.15, 0.2) is 11.5 Å². The maximum Gasteiger partial charge on any atom is 0.226 e. The number of nitrogens with zero attached hydrogens (tertiary/aromatic N) is 4. The normalized spacial score (nSPS) is 17.0. The molecule has 0 saturated carbocycles. The van der Waals surface area contributed by atoms with Crippen LogP contribution in [0.4, 0.5) is 5.82 Å². The SMILES string of the molecule is Cc1cc(C)n2nc3c(c2n1)C(c1c[nH]c2ncccc12)CC(=O)N3. The van der Waals surface area contributed by atoms with Crippen molar-refractivity contribution < 1.29 is 4.79 Å². The van der Waals surface area contributed by atoms with Gasteiger partial charge < -0.3 is 10.3 Å². The highest BCUT2D eigenvalue weighted by Gasteiger charge is 2.33. The lowest BCUT2D eigenvalue weighted by Gasteiger charge is -2.21. The molecule has 1 aliphatic heterocycles. The van der Waals surface area contributed by atoms with Crippen molar-refractivity contribution in [1.29, 1.82) is 0 Å². The monoisotopic (exact) mass is 332 g/mol. The molecule has 0 aromatic carbocycles. The number of aryl methyl sites for hydroxylation is 2. The number of hydrogen-bond donors (Lipinski definition) is 2. The van der Waals surface area contributed by atoms with E-state index in [0.717, 1.165) is 39.2 Å². The molecule has 1 aliphatic rings. The third kappa shape index (κ3) is 1.98. The minimum atomic E-state index is -0.104. The first-order chi connectivity index (χ1) is 12.1. The number of fused-ring (bicyclic) bond motifs is 4. The highest BCUT2D eigenvalue weighted by Crippen LogP contribution is 2.41. The van der Waals surface area contributed by atoms with Gasteiger partial charge in [0.05, 0.1) is 0 Å². The average Bonchev–Trinajstić information content (AvgIpc) is 3.16. The Morgan fingerprint density at radius 1 is 1.32 bits per heavy atom. The lowest BCUT2D eigenvalue weighted by atomic mass is 9.87. The van der Waals surface area contributed by atoms with Gasteiger partial charge in [0.2, 0.25) is 5.91 Å². The lowest BCUT2D eigenvalue weighted by molar-refractivity contribution is -0.116. The summed E-state index contributed by atoms with van der Waals surface area (Å²) < 4.78 is 1.81. The molecular weight excluding hydrogens is 316 g/mol. The first-order valence-corrected chi connectivity index (χ1v) is 8.20. The number of nitrogens with one attached hydrogen (secondary N) is 2. The molecular formula is C18H16N6O. The summed E-state index contributed by atoms with van der Waals surface area (Å²) in [5, 5.41) is 8.51. The average molecular weight is 332 g/mol. The van der Waals surface area contributed by atoms with Gasteiger partial charge in [-0.05, 0) is 37.6 Å². The first-order valence-electron chi connectivity index (χ1n) is 8.20. The van der Waals surface area contributed by atoms with Crippen LogP contribution in [0.1, 0.15) is 34.9 Å². The van der Waals surface area contributed by atoms with Crippen LogP contribution >= 0.6 is 0 Å². The predicted octanol–water partition coefficient (Wildman–Crippen LogP) is 2.70. The van der Waals surface area contributed by atoms with Gasteiger partial charge in [-0.25, -0.2) is 14.5 Å². The largest absolute Gasteiger partial charge is 0.346 e. The van der Waals surface area contributed by atoms with Gasteiger partial charge in [-0.2, -0.15) is 0 Å². The fourth-order valence-corrected chi connectivity index (χ4v) is 3.75. The Hall–Kier alpha value is -3.22. The third-order valence-corrected chi connectivity index (χ3v) is 4.79. The fraction of sp³-hybridized carbons (Fsp3) is 0.222. The topological polar surface area (TPSA) is 88.0 Å². The molecule has 0 spiro atoms. The number of anilines is 1. The van der Waals surface area contributed by atoms with Crippen LogP contribution in [0.2, 0.25) is 0 Å². The van der Waals surface area contributed by atoms with E-state index in [1.54, 1.807) is 6.20 Å². The van der Waals surface area contributed by atoms with Crippen molar-refractivity contribution in [2.45, 2.75) is 26.2 Å². The minimum Gasteiger partial charge on any atom is -0.346 e. The smallest absolute Gasteiger partial charge is 0.226 e. The molecule has 4 aromatic heterocycles. The summed E-state index contributed by atoms with van der Waals surface area (Å²) in [5.41, 5.74) is 5.57. The molecule has 1 amide bonds. The van der Waals surface area contributed by atoms with Gasteiger partial charge >= 0.3 is 0 Å². The summed E-state index contributed by atoms with van der Waals surface area (Å²) in [6.45, 7) is 3.96. The van der Waals surface area contributed by atoms with Crippen LogP contribution < -0.4 is 5.32 Å². The predicted molar refractivity (Wildman–Crippen MR) is 93.6 cm³/mol. The van der Waals surface area contributed by atoms with Gasteiger partial charge in [-0.3, -0.25) is 4.79 Å². The van der Waals surface area contributed by atoms with E-state index >= 15 is 0 Å². The number of carbonyl (C=O) groups is 1. The summed E-state index contributed by atoms with van der Waals surface area (Å²) >= 11 is 0. The molecule has 2 N–H and O–H groups in total. The van der Waals surface area contributed by atoms with Crippen LogP contribution in [-0.4, -0.2) is 30.5 Å². The van der Waals surface area contributed by atoms with E-state index in [1.165, 1.54) is 0 Å². The molecule has 0 radical (unpaired) electrons. The van der Waals surface area contributed by atoms with Gasteiger partial charge in [0.1, 0.15) is 5.65 Å². The number of hydrogen-bond acceptors (Lipinski definition) is 4. The Kier molecular flexibility index (Phi) is 2.77. The van der Waals surface area contributed by atoms with Gasteiger partial charge in [0.25, 0.3) is 0 Å². The molecule has 0 aliphatic carbocycles. The minimum absolute atomic E-state index is 0.0338. The van der Waals surface area contributed by atoms with E-state index in [4.69, 9.17) is 4.98 Å². The standard InChI is InChI=1S/C18H16N6O/c1-9-6-10(2)24-18(21-9)15-12(7-14(25)22-17(15)23-24)13-8-20-16-11(13)4-3-5-19-16/h3-6,8,12H,7H2,1-2H3,(H,19,20)(H,22,23,25). The van der Waals surface area contributed by atoms with E-state index in [9.17, 15) is 4.79 Å². The van der Waals surface area contributed by atoms with Crippen molar-refractivity contribution in [1.82, 2.24) is 24.6 Å². The highest BCUT2D eigenvalue weighted by molar-refractivity contribution is 5.97. The summed E-state index contributed by atoms with van der Waals surface area (Å²) in [6.07, 6.45) is 4.06. The van der Waals surface area contributed by atoms with Crippen LogP contribution in [0.3, 0.4) is 0 Å². The maximum absolute atomic E-state index is 12.3. The number of rotatable bonds is 1. The number of carbonyl (C=O) groups excluding carboxylic acids is 1.